The van der Waals surface area contributed by atoms with Gasteiger partial charge < -0.3 is 4.42 Å². The van der Waals surface area contributed by atoms with Gasteiger partial charge >= 0.3 is 0 Å². The summed E-state index contributed by atoms with van der Waals surface area (Å²) >= 11 is 0. The Kier molecular flexibility index (Phi) is 6.17. The maximum absolute atomic E-state index is 8.78. The van der Waals surface area contributed by atoms with Crippen LogP contribution in [0.3, 0.4) is 0 Å². The van der Waals surface area contributed by atoms with Crippen molar-refractivity contribution >= 4 is 0 Å². The predicted octanol–water partition coefficient (Wildman–Crippen LogP) is 4.17. The monoisotopic (exact) mass is 297 g/mol. The number of benzene rings is 1. The third-order valence-electron chi connectivity index (χ3n) is 3.68. The van der Waals surface area contributed by atoms with Crippen molar-refractivity contribution in [3.05, 3.63) is 41.8 Å². The second kappa shape index (κ2) is 8.35. The van der Waals surface area contributed by atoms with Crippen molar-refractivity contribution in [2.24, 2.45) is 0 Å². The number of nitrogens with zero attached hydrogens (tertiary/aromatic N) is 3. The first-order valence-corrected chi connectivity index (χ1v) is 7.84. The van der Waals surface area contributed by atoms with Gasteiger partial charge in [-0.15, -0.1) is 0 Å². The van der Waals surface area contributed by atoms with Gasteiger partial charge in [-0.1, -0.05) is 31.5 Å². The molecule has 22 heavy (non-hydrogen) atoms. The summed E-state index contributed by atoms with van der Waals surface area (Å²) in [6.07, 6.45) is 4.56. The average Bonchev–Trinajstić information content (AvgIpc) is 2.98. The van der Waals surface area contributed by atoms with Gasteiger partial charge in [0, 0.05) is 25.1 Å². The van der Waals surface area contributed by atoms with E-state index in [-0.39, 0.29) is 0 Å². The molecule has 116 valence electrons. The summed E-state index contributed by atoms with van der Waals surface area (Å²) < 4.78 is 5.64. The molecule has 0 unspecified atom stereocenters. The van der Waals surface area contributed by atoms with E-state index in [0.29, 0.717) is 12.3 Å². The van der Waals surface area contributed by atoms with Crippen molar-refractivity contribution in [1.82, 2.24) is 9.88 Å². The summed E-state index contributed by atoms with van der Waals surface area (Å²) in [5.41, 5.74) is 3.11. The molecule has 0 aliphatic carbocycles. The SMILES string of the molecule is CCCCN(CCC#N)Cc1coc(-c2ccccc2C)n1. The second-order valence-electron chi connectivity index (χ2n) is 5.50. The lowest BCUT2D eigenvalue weighted by Gasteiger charge is -2.19. The molecule has 0 saturated carbocycles. The highest BCUT2D eigenvalue weighted by atomic mass is 16.3. The molecule has 0 bridgehead atoms. The van der Waals surface area contributed by atoms with Gasteiger partial charge in [-0.2, -0.15) is 5.26 Å². The zero-order chi connectivity index (χ0) is 15.8. The third-order valence-corrected chi connectivity index (χ3v) is 3.68. The highest BCUT2D eigenvalue weighted by molar-refractivity contribution is 5.58. The topological polar surface area (TPSA) is 53.1 Å². The van der Waals surface area contributed by atoms with Crippen molar-refractivity contribution in [2.75, 3.05) is 13.1 Å². The number of nitriles is 1. The van der Waals surface area contributed by atoms with E-state index >= 15 is 0 Å². The molecule has 2 rings (SSSR count). The van der Waals surface area contributed by atoms with Gasteiger partial charge in [0.15, 0.2) is 0 Å². The number of unbranched alkanes of at least 4 members (excludes halogenated alkanes) is 1. The smallest absolute Gasteiger partial charge is 0.226 e. The van der Waals surface area contributed by atoms with Crippen molar-refractivity contribution in [3.63, 3.8) is 0 Å². The Morgan fingerprint density at radius 3 is 2.82 bits per heavy atom. The largest absolute Gasteiger partial charge is 0.444 e. The van der Waals surface area contributed by atoms with Gasteiger partial charge in [0.1, 0.15) is 6.26 Å². The van der Waals surface area contributed by atoms with Gasteiger partial charge in [-0.05, 0) is 31.5 Å². The molecule has 4 nitrogen and oxygen atoms in total. The van der Waals surface area contributed by atoms with Crippen LogP contribution in [-0.4, -0.2) is 23.0 Å². The highest BCUT2D eigenvalue weighted by Gasteiger charge is 2.12. The number of hydrogen-bond donors (Lipinski definition) is 0. The molecule has 0 saturated heterocycles. The quantitative estimate of drug-likeness (QED) is 0.734. The molecule has 0 amide bonds. The molecule has 1 heterocycles. The number of rotatable bonds is 8. The molecule has 2 aromatic rings. The Balaban J connectivity index is 2.06. The van der Waals surface area contributed by atoms with Crippen LogP contribution in [0, 0.1) is 18.3 Å². The lowest BCUT2D eigenvalue weighted by molar-refractivity contribution is 0.264. The van der Waals surface area contributed by atoms with Crippen molar-refractivity contribution in [2.45, 2.75) is 39.7 Å². The van der Waals surface area contributed by atoms with E-state index in [4.69, 9.17) is 9.68 Å². The van der Waals surface area contributed by atoms with E-state index in [9.17, 15) is 0 Å². The molecule has 0 fully saturated rings. The molecule has 1 aromatic carbocycles. The summed E-state index contributed by atoms with van der Waals surface area (Å²) in [7, 11) is 0. The Labute approximate surface area is 132 Å². The number of hydrogen-bond acceptors (Lipinski definition) is 4. The van der Waals surface area contributed by atoms with E-state index in [1.54, 1.807) is 6.26 Å². The lowest BCUT2D eigenvalue weighted by atomic mass is 10.1. The van der Waals surface area contributed by atoms with Crippen LogP contribution in [0.15, 0.2) is 34.9 Å². The van der Waals surface area contributed by atoms with E-state index in [2.05, 4.69) is 35.9 Å². The van der Waals surface area contributed by atoms with E-state index in [1.165, 1.54) is 0 Å². The van der Waals surface area contributed by atoms with Gasteiger partial charge in [0.2, 0.25) is 5.89 Å². The Bertz CT molecular complexity index is 627. The van der Waals surface area contributed by atoms with Crippen LogP contribution in [-0.2, 0) is 6.54 Å². The molecule has 0 spiro atoms. The minimum absolute atomic E-state index is 0.548. The summed E-state index contributed by atoms with van der Waals surface area (Å²) in [4.78, 5) is 6.88. The summed E-state index contributed by atoms with van der Waals surface area (Å²) in [6.45, 7) is 6.74. The molecular weight excluding hydrogens is 274 g/mol. The van der Waals surface area contributed by atoms with Crippen LogP contribution in [0.5, 0.6) is 0 Å². The van der Waals surface area contributed by atoms with Crippen molar-refractivity contribution in [3.8, 4) is 17.5 Å². The zero-order valence-electron chi connectivity index (χ0n) is 13.4. The van der Waals surface area contributed by atoms with E-state index in [0.717, 1.165) is 49.3 Å². The standard InChI is InChI=1S/C18H23N3O/c1-3-4-11-21(12-7-10-19)13-16-14-22-18(20-16)17-9-6-5-8-15(17)2/h5-6,8-9,14H,3-4,7,11-13H2,1-2H3. The highest BCUT2D eigenvalue weighted by Crippen LogP contribution is 2.22. The van der Waals surface area contributed by atoms with Crippen LogP contribution in [0.4, 0.5) is 0 Å². The molecular formula is C18H23N3O. The fraction of sp³-hybridized carbons (Fsp3) is 0.444. The molecule has 0 aliphatic heterocycles. The van der Waals surface area contributed by atoms with Crippen LogP contribution in [0.1, 0.15) is 37.4 Å². The van der Waals surface area contributed by atoms with Gasteiger partial charge in [-0.3, -0.25) is 4.90 Å². The Morgan fingerprint density at radius 1 is 1.27 bits per heavy atom. The zero-order valence-corrected chi connectivity index (χ0v) is 13.4. The maximum atomic E-state index is 8.78. The molecule has 0 radical (unpaired) electrons. The fourth-order valence-corrected chi connectivity index (χ4v) is 2.41. The van der Waals surface area contributed by atoms with Crippen LogP contribution >= 0.6 is 0 Å². The molecule has 1 aromatic heterocycles. The summed E-state index contributed by atoms with van der Waals surface area (Å²) in [6, 6.07) is 10.3. The Morgan fingerprint density at radius 2 is 2.09 bits per heavy atom. The van der Waals surface area contributed by atoms with Crippen LogP contribution in [0.25, 0.3) is 11.5 Å². The van der Waals surface area contributed by atoms with Crippen LogP contribution < -0.4 is 0 Å². The molecule has 4 heteroatoms. The Hall–Kier alpha value is -2.12. The van der Waals surface area contributed by atoms with Gasteiger partial charge in [0.05, 0.1) is 11.8 Å². The second-order valence-corrected chi connectivity index (χ2v) is 5.50. The first-order valence-electron chi connectivity index (χ1n) is 7.84. The summed E-state index contributed by atoms with van der Waals surface area (Å²) in [5, 5.41) is 8.78. The van der Waals surface area contributed by atoms with Gasteiger partial charge in [-0.25, -0.2) is 4.98 Å². The average molecular weight is 297 g/mol. The van der Waals surface area contributed by atoms with E-state index in [1.807, 2.05) is 18.2 Å². The normalized spacial score (nSPS) is 10.8. The van der Waals surface area contributed by atoms with Crippen molar-refractivity contribution < 1.29 is 4.42 Å². The van der Waals surface area contributed by atoms with E-state index < -0.39 is 0 Å². The molecule has 0 N–H and O–H groups in total. The molecule has 0 atom stereocenters. The fourth-order valence-electron chi connectivity index (χ4n) is 2.41. The number of oxazole rings is 1. The molecule has 0 aliphatic rings. The first kappa shape index (κ1) is 16.3. The third kappa shape index (κ3) is 4.44. The van der Waals surface area contributed by atoms with Gasteiger partial charge in [0.25, 0.3) is 0 Å². The number of aromatic nitrogens is 1. The van der Waals surface area contributed by atoms with Crippen LogP contribution in [0.2, 0.25) is 0 Å². The maximum Gasteiger partial charge on any atom is 0.226 e. The minimum Gasteiger partial charge on any atom is -0.444 e. The summed E-state index contributed by atoms with van der Waals surface area (Å²) in [5.74, 6) is 0.670. The van der Waals surface area contributed by atoms with Crippen molar-refractivity contribution in [1.29, 1.82) is 5.26 Å². The number of aryl methyl sites for hydroxylation is 1. The first-order chi connectivity index (χ1) is 10.7. The minimum atomic E-state index is 0.548. The predicted molar refractivity (Wildman–Crippen MR) is 87.1 cm³/mol. The lowest BCUT2D eigenvalue weighted by Crippen LogP contribution is -2.25.